The van der Waals surface area contributed by atoms with Crippen LogP contribution in [0.25, 0.3) is 0 Å². The van der Waals surface area contributed by atoms with Crippen molar-refractivity contribution in [1.82, 2.24) is 0 Å². The molecule has 0 fully saturated rings. The Morgan fingerprint density at radius 3 is 1.29 bits per heavy atom. The zero-order chi connectivity index (χ0) is 15.8. The van der Waals surface area contributed by atoms with Gasteiger partial charge < -0.3 is 0 Å². The molecule has 9 nitrogen and oxygen atoms in total. The van der Waals surface area contributed by atoms with Crippen molar-refractivity contribution in [2.75, 3.05) is 0 Å². The summed E-state index contributed by atoms with van der Waals surface area (Å²) in [6.07, 6.45) is 0. The molecule has 2 rings (SSSR count). The lowest BCUT2D eigenvalue weighted by Gasteiger charge is -1.90. The third-order valence-corrected chi connectivity index (χ3v) is 2.22. The van der Waals surface area contributed by atoms with Gasteiger partial charge in [0, 0.05) is 24.3 Å². The number of nitrogens with zero attached hydrogens (tertiary/aromatic N) is 3. The number of nitro groups is 3. The Hall–Kier alpha value is -3.36. The molecular formula is C12H9N3O6. The maximum Gasteiger partial charge on any atom is 0.276 e. The van der Waals surface area contributed by atoms with Crippen LogP contribution in [0.1, 0.15) is 0 Å². The van der Waals surface area contributed by atoms with Crippen LogP contribution in [-0.2, 0) is 0 Å². The van der Waals surface area contributed by atoms with E-state index in [-0.39, 0.29) is 17.1 Å². The van der Waals surface area contributed by atoms with Gasteiger partial charge in [-0.25, -0.2) is 0 Å². The predicted octanol–water partition coefficient (Wildman–Crippen LogP) is 3.10. The summed E-state index contributed by atoms with van der Waals surface area (Å²) < 4.78 is 0. The third kappa shape index (κ3) is 5.03. The van der Waals surface area contributed by atoms with E-state index in [2.05, 4.69) is 0 Å². The molecule has 0 aliphatic heterocycles. The van der Waals surface area contributed by atoms with Crippen LogP contribution < -0.4 is 0 Å². The number of hydrogen-bond donors (Lipinski definition) is 0. The summed E-state index contributed by atoms with van der Waals surface area (Å²) in [4.78, 5) is 28.6. The van der Waals surface area contributed by atoms with Crippen LogP contribution in [0.3, 0.4) is 0 Å². The first-order chi connectivity index (χ1) is 9.91. The highest BCUT2D eigenvalue weighted by atomic mass is 16.6. The van der Waals surface area contributed by atoms with E-state index < -0.39 is 14.8 Å². The number of rotatable bonds is 3. The Morgan fingerprint density at radius 2 is 0.952 bits per heavy atom. The SMILES string of the molecule is O=[N+]([O-])c1cccc([N+](=O)[O-])c1.O=[N+]([O-])c1ccccc1. The van der Waals surface area contributed by atoms with E-state index in [4.69, 9.17) is 0 Å². The summed E-state index contributed by atoms with van der Waals surface area (Å²) in [5, 5.41) is 30.3. The number of hydrogen-bond acceptors (Lipinski definition) is 6. The summed E-state index contributed by atoms with van der Waals surface area (Å²) in [6.45, 7) is 0. The van der Waals surface area contributed by atoms with E-state index >= 15 is 0 Å². The predicted molar refractivity (Wildman–Crippen MR) is 72.8 cm³/mol. The second-order valence-electron chi connectivity index (χ2n) is 3.63. The molecule has 2 aromatic rings. The molecule has 21 heavy (non-hydrogen) atoms. The first-order valence-corrected chi connectivity index (χ1v) is 5.50. The van der Waals surface area contributed by atoms with Gasteiger partial charge in [-0.05, 0) is 6.07 Å². The van der Waals surface area contributed by atoms with E-state index in [1.54, 1.807) is 18.2 Å². The lowest BCUT2D eigenvalue weighted by atomic mass is 10.3. The van der Waals surface area contributed by atoms with Crippen molar-refractivity contribution >= 4 is 17.1 Å². The zero-order valence-electron chi connectivity index (χ0n) is 10.5. The van der Waals surface area contributed by atoms with Crippen LogP contribution in [0.15, 0.2) is 54.6 Å². The van der Waals surface area contributed by atoms with Gasteiger partial charge in [-0.2, -0.15) is 0 Å². The summed E-state index contributed by atoms with van der Waals surface area (Å²) >= 11 is 0. The zero-order valence-corrected chi connectivity index (χ0v) is 10.5. The molecule has 9 heteroatoms. The van der Waals surface area contributed by atoms with E-state index in [0.29, 0.717) is 0 Å². The fourth-order valence-corrected chi connectivity index (χ4v) is 1.27. The molecule has 0 aliphatic rings. The van der Waals surface area contributed by atoms with Gasteiger partial charge in [0.25, 0.3) is 17.1 Å². The number of non-ortho nitro benzene ring substituents is 3. The van der Waals surface area contributed by atoms with Crippen molar-refractivity contribution in [2.45, 2.75) is 0 Å². The van der Waals surface area contributed by atoms with Crippen LogP contribution >= 0.6 is 0 Å². The average molecular weight is 291 g/mol. The Labute approximate surface area is 117 Å². The van der Waals surface area contributed by atoms with Gasteiger partial charge >= 0.3 is 0 Å². The summed E-state index contributed by atoms with van der Waals surface area (Å²) in [7, 11) is 0. The summed E-state index contributed by atoms with van der Waals surface area (Å²) in [5.41, 5.74) is -0.411. The molecule has 0 amide bonds. The molecular weight excluding hydrogens is 282 g/mol. The first kappa shape index (κ1) is 15.7. The number of para-hydroxylation sites is 1. The smallest absolute Gasteiger partial charge is 0.258 e. The normalized spacial score (nSPS) is 9.14. The van der Waals surface area contributed by atoms with Crippen molar-refractivity contribution in [2.24, 2.45) is 0 Å². The minimum absolute atomic E-state index is 0.137. The number of nitro benzene ring substituents is 3. The van der Waals surface area contributed by atoms with Crippen LogP contribution in [0, 0.1) is 30.3 Å². The third-order valence-electron chi connectivity index (χ3n) is 2.22. The molecule has 0 heterocycles. The maximum atomic E-state index is 10.2. The van der Waals surface area contributed by atoms with Crippen molar-refractivity contribution < 1.29 is 14.8 Å². The highest BCUT2D eigenvalue weighted by molar-refractivity contribution is 5.42. The minimum atomic E-state index is -0.674. The van der Waals surface area contributed by atoms with Gasteiger partial charge in [0.15, 0.2) is 0 Å². The van der Waals surface area contributed by atoms with Gasteiger partial charge in [0.05, 0.1) is 20.8 Å². The fourth-order valence-electron chi connectivity index (χ4n) is 1.27. The molecule has 0 atom stereocenters. The highest BCUT2D eigenvalue weighted by Crippen LogP contribution is 2.18. The molecule has 2 aromatic carbocycles. The van der Waals surface area contributed by atoms with Gasteiger partial charge in [-0.3, -0.25) is 30.3 Å². The molecule has 0 spiro atoms. The molecule has 0 radical (unpaired) electrons. The monoisotopic (exact) mass is 291 g/mol. The Kier molecular flexibility index (Phi) is 5.44. The van der Waals surface area contributed by atoms with Crippen LogP contribution in [0.2, 0.25) is 0 Å². The van der Waals surface area contributed by atoms with E-state index in [9.17, 15) is 30.3 Å². The minimum Gasteiger partial charge on any atom is -0.258 e. The average Bonchev–Trinajstić information content (AvgIpc) is 2.49. The van der Waals surface area contributed by atoms with Crippen LogP contribution in [0.5, 0.6) is 0 Å². The van der Waals surface area contributed by atoms with Crippen molar-refractivity contribution in [3.8, 4) is 0 Å². The Bertz CT molecular complexity index is 630. The van der Waals surface area contributed by atoms with Crippen molar-refractivity contribution in [3.63, 3.8) is 0 Å². The second-order valence-corrected chi connectivity index (χ2v) is 3.63. The molecule has 0 saturated heterocycles. The summed E-state index contributed by atoms with van der Waals surface area (Å²) in [6, 6.07) is 12.5. The molecule has 0 aromatic heterocycles. The van der Waals surface area contributed by atoms with Gasteiger partial charge in [0.2, 0.25) is 0 Å². The number of benzene rings is 2. The Morgan fingerprint density at radius 1 is 0.571 bits per heavy atom. The molecule has 108 valence electrons. The quantitative estimate of drug-likeness (QED) is 0.630. The summed E-state index contributed by atoms with van der Waals surface area (Å²) in [5.74, 6) is 0. The maximum absolute atomic E-state index is 10.2. The standard InChI is InChI=1S/C6H4N2O4.C6H5NO2/c9-7(10)5-2-1-3-6(4-5)8(11)12;8-7(9)6-4-2-1-3-5-6/h1-4H;1-5H. The van der Waals surface area contributed by atoms with Crippen LogP contribution in [0.4, 0.5) is 17.1 Å². The van der Waals surface area contributed by atoms with Gasteiger partial charge in [-0.1, -0.05) is 18.2 Å². The molecule has 0 aliphatic carbocycles. The van der Waals surface area contributed by atoms with E-state index in [1.807, 2.05) is 0 Å². The highest BCUT2D eigenvalue weighted by Gasteiger charge is 2.11. The molecule has 0 bridgehead atoms. The first-order valence-electron chi connectivity index (χ1n) is 5.50. The molecule has 0 unspecified atom stereocenters. The van der Waals surface area contributed by atoms with E-state index in [1.165, 1.54) is 30.3 Å². The molecule has 0 saturated carbocycles. The lowest BCUT2D eigenvalue weighted by molar-refractivity contribution is -0.394. The van der Waals surface area contributed by atoms with Gasteiger partial charge in [0.1, 0.15) is 0 Å². The van der Waals surface area contributed by atoms with E-state index in [0.717, 1.165) is 6.07 Å². The Balaban J connectivity index is 0.000000219. The largest absolute Gasteiger partial charge is 0.276 e. The van der Waals surface area contributed by atoms with Gasteiger partial charge in [-0.15, -0.1) is 0 Å². The van der Waals surface area contributed by atoms with Crippen molar-refractivity contribution in [1.29, 1.82) is 0 Å². The topological polar surface area (TPSA) is 129 Å². The fraction of sp³-hybridized carbons (Fsp3) is 0. The lowest BCUT2D eigenvalue weighted by Crippen LogP contribution is -1.91. The van der Waals surface area contributed by atoms with Crippen molar-refractivity contribution in [3.05, 3.63) is 84.9 Å². The molecule has 0 N–H and O–H groups in total. The second kappa shape index (κ2) is 7.28. The van der Waals surface area contributed by atoms with Crippen LogP contribution in [-0.4, -0.2) is 14.8 Å².